The van der Waals surface area contributed by atoms with E-state index >= 15 is 0 Å². The van der Waals surface area contributed by atoms with Crippen molar-refractivity contribution < 1.29 is 0 Å². The van der Waals surface area contributed by atoms with Crippen molar-refractivity contribution in [1.29, 1.82) is 0 Å². The number of likely N-dealkylation sites (tertiary alicyclic amines) is 1. The number of nitrogens with zero attached hydrogens (tertiary/aromatic N) is 3. The first kappa shape index (κ1) is 14.1. The summed E-state index contributed by atoms with van der Waals surface area (Å²) >= 11 is 0. The summed E-state index contributed by atoms with van der Waals surface area (Å²) in [7, 11) is 0. The summed E-state index contributed by atoms with van der Waals surface area (Å²) in [6.07, 6.45) is 5.21. The number of nitrogens with one attached hydrogen (secondary N) is 2. The van der Waals surface area contributed by atoms with Gasteiger partial charge in [0.15, 0.2) is 0 Å². The lowest BCUT2D eigenvalue weighted by atomic mass is 10.1. The second-order valence-electron chi connectivity index (χ2n) is 5.09. The van der Waals surface area contributed by atoms with E-state index in [9.17, 15) is 0 Å². The molecule has 1 aromatic heterocycles. The normalized spacial score (nSPS) is 20.2. The predicted molar refractivity (Wildman–Crippen MR) is 79.6 cm³/mol. The number of hydrogen-bond donors (Lipinski definition) is 2. The van der Waals surface area contributed by atoms with Gasteiger partial charge in [-0.2, -0.15) is 0 Å². The largest absolute Gasteiger partial charge is 0.370 e. The summed E-state index contributed by atoms with van der Waals surface area (Å²) in [4.78, 5) is 11.0. The van der Waals surface area contributed by atoms with Crippen LogP contribution in [0.25, 0.3) is 0 Å². The van der Waals surface area contributed by atoms with E-state index in [0.717, 1.165) is 37.7 Å². The first-order chi connectivity index (χ1) is 9.31. The zero-order valence-corrected chi connectivity index (χ0v) is 12.0. The van der Waals surface area contributed by atoms with Crippen LogP contribution in [-0.2, 0) is 0 Å². The molecule has 0 saturated carbocycles. The molecule has 5 nitrogen and oxygen atoms in total. The average molecular weight is 263 g/mol. The van der Waals surface area contributed by atoms with E-state index in [2.05, 4.69) is 39.3 Å². The van der Waals surface area contributed by atoms with Crippen molar-refractivity contribution in [3.05, 3.63) is 12.4 Å². The first-order valence-corrected chi connectivity index (χ1v) is 7.36. The highest BCUT2D eigenvalue weighted by atomic mass is 15.2. The van der Waals surface area contributed by atoms with Crippen LogP contribution in [0.3, 0.4) is 0 Å². The van der Waals surface area contributed by atoms with Crippen LogP contribution in [0.2, 0.25) is 0 Å². The maximum absolute atomic E-state index is 4.31. The van der Waals surface area contributed by atoms with Crippen molar-refractivity contribution in [2.75, 3.05) is 36.8 Å². The van der Waals surface area contributed by atoms with E-state index in [0.29, 0.717) is 6.04 Å². The monoisotopic (exact) mass is 263 g/mol. The van der Waals surface area contributed by atoms with Crippen molar-refractivity contribution in [2.24, 2.45) is 0 Å². The van der Waals surface area contributed by atoms with Gasteiger partial charge in [0, 0.05) is 25.2 Å². The number of piperidine rings is 1. The van der Waals surface area contributed by atoms with Gasteiger partial charge in [-0.25, -0.2) is 9.97 Å². The highest BCUT2D eigenvalue weighted by molar-refractivity contribution is 5.46. The molecule has 1 aliphatic rings. The standard InChI is InChI=1S/C14H25N5/c1-3-7-15-13-9-14(17-11-16-13)18-12-6-5-8-19(4-2)10-12/h9,11-12H,3-8,10H2,1-2H3,(H2,15,16,17,18). The summed E-state index contributed by atoms with van der Waals surface area (Å²) in [5.41, 5.74) is 0. The molecule has 0 aliphatic carbocycles. The molecular weight excluding hydrogens is 238 g/mol. The van der Waals surface area contributed by atoms with Gasteiger partial charge in [0.25, 0.3) is 0 Å². The Morgan fingerprint density at radius 2 is 2.16 bits per heavy atom. The van der Waals surface area contributed by atoms with E-state index in [4.69, 9.17) is 0 Å². The Bertz CT molecular complexity index is 382. The lowest BCUT2D eigenvalue weighted by Gasteiger charge is -2.32. The minimum absolute atomic E-state index is 0.502. The van der Waals surface area contributed by atoms with Crippen molar-refractivity contribution in [1.82, 2.24) is 14.9 Å². The van der Waals surface area contributed by atoms with E-state index in [1.807, 2.05) is 6.07 Å². The van der Waals surface area contributed by atoms with Gasteiger partial charge in [0.05, 0.1) is 0 Å². The Labute approximate surface area is 115 Å². The van der Waals surface area contributed by atoms with Crippen LogP contribution >= 0.6 is 0 Å². The molecule has 5 heteroatoms. The van der Waals surface area contributed by atoms with Crippen LogP contribution < -0.4 is 10.6 Å². The topological polar surface area (TPSA) is 53.1 Å². The zero-order valence-electron chi connectivity index (χ0n) is 12.0. The van der Waals surface area contributed by atoms with Crippen molar-refractivity contribution in [3.8, 4) is 0 Å². The van der Waals surface area contributed by atoms with Gasteiger partial charge in [-0.05, 0) is 32.4 Å². The number of likely N-dealkylation sites (N-methyl/N-ethyl adjacent to an activating group) is 1. The number of hydrogen-bond acceptors (Lipinski definition) is 5. The van der Waals surface area contributed by atoms with E-state index < -0.39 is 0 Å². The second kappa shape index (κ2) is 7.28. The van der Waals surface area contributed by atoms with Gasteiger partial charge >= 0.3 is 0 Å². The number of aromatic nitrogens is 2. The average Bonchev–Trinajstić information content (AvgIpc) is 2.46. The molecular formula is C14H25N5. The fourth-order valence-electron chi connectivity index (χ4n) is 2.46. The Kier molecular flexibility index (Phi) is 5.39. The summed E-state index contributed by atoms with van der Waals surface area (Å²) in [6, 6.07) is 2.50. The maximum Gasteiger partial charge on any atom is 0.131 e. The molecule has 19 heavy (non-hydrogen) atoms. The molecule has 1 atom stereocenters. The highest BCUT2D eigenvalue weighted by Gasteiger charge is 2.18. The van der Waals surface area contributed by atoms with Gasteiger partial charge in [0.1, 0.15) is 18.0 Å². The van der Waals surface area contributed by atoms with Crippen molar-refractivity contribution in [3.63, 3.8) is 0 Å². The summed E-state index contributed by atoms with van der Waals surface area (Å²) in [6.45, 7) is 8.78. The first-order valence-electron chi connectivity index (χ1n) is 7.36. The summed E-state index contributed by atoms with van der Waals surface area (Å²) in [5, 5.41) is 6.82. The molecule has 1 unspecified atom stereocenters. The summed E-state index contributed by atoms with van der Waals surface area (Å²) in [5.74, 6) is 1.83. The molecule has 1 aromatic rings. The molecule has 0 bridgehead atoms. The fraction of sp³-hybridized carbons (Fsp3) is 0.714. The number of rotatable bonds is 6. The SMILES string of the molecule is CCCNc1cc(NC2CCCN(CC)C2)ncn1. The molecule has 1 fully saturated rings. The molecule has 0 spiro atoms. The molecule has 0 amide bonds. The molecule has 1 saturated heterocycles. The molecule has 0 aromatic carbocycles. The lowest BCUT2D eigenvalue weighted by Crippen LogP contribution is -2.41. The third-order valence-electron chi connectivity index (χ3n) is 3.53. The second-order valence-corrected chi connectivity index (χ2v) is 5.09. The molecule has 1 aliphatic heterocycles. The van der Waals surface area contributed by atoms with Crippen LogP contribution in [0, 0.1) is 0 Å². The van der Waals surface area contributed by atoms with Crippen LogP contribution in [0.15, 0.2) is 12.4 Å². The third-order valence-corrected chi connectivity index (χ3v) is 3.53. The van der Waals surface area contributed by atoms with Gasteiger partial charge in [0.2, 0.25) is 0 Å². The Hall–Kier alpha value is -1.36. The van der Waals surface area contributed by atoms with Gasteiger partial charge in [-0.1, -0.05) is 13.8 Å². The Morgan fingerprint density at radius 1 is 1.32 bits per heavy atom. The van der Waals surface area contributed by atoms with E-state index in [1.165, 1.54) is 19.4 Å². The minimum atomic E-state index is 0.502. The van der Waals surface area contributed by atoms with Crippen LogP contribution in [0.4, 0.5) is 11.6 Å². The Balaban J connectivity index is 1.90. The molecule has 106 valence electrons. The lowest BCUT2D eigenvalue weighted by molar-refractivity contribution is 0.226. The quantitative estimate of drug-likeness (QED) is 0.824. The van der Waals surface area contributed by atoms with Gasteiger partial charge < -0.3 is 15.5 Å². The summed E-state index contributed by atoms with van der Waals surface area (Å²) < 4.78 is 0. The van der Waals surface area contributed by atoms with Crippen molar-refractivity contribution in [2.45, 2.75) is 39.2 Å². The van der Waals surface area contributed by atoms with E-state index in [-0.39, 0.29) is 0 Å². The van der Waals surface area contributed by atoms with Gasteiger partial charge in [-0.15, -0.1) is 0 Å². The Morgan fingerprint density at radius 3 is 2.95 bits per heavy atom. The minimum Gasteiger partial charge on any atom is -0.370 e. The molecule has 0 radical (unpaired) electrons. The zero-order chi connectivity index (χ0) is 13.5. The maximum atomic E-state index is 4.31. The third kappa shape index (κ3) is 4.35. The highest BCUT2D eigenvalue weighted by Crippen LogP contribution is 2.15. The molecule has 2 rings (SSSR count). The van der Waals surface area contributed by atoms with Crippen molar-refractivity contribution >= 4 is 11.6 Å². The molecule has 2 N–H and O–H groups in total. The smallest absolute Gasteiger partial charge is 0.131 e. The number of anilines is 2. The predicted octanol–water partition coefficient (Wildman–Crippen LogP) is 2.19. The van der Waals surface area contributed by atoms with Crippen LogP contribution in [0.5, 0.6) is 0 Å². The van der Waals surface area contributed by atoms with Crippen LogP contribution in [0.1, 0.15) is 33.1 Å². The van der Waals surface area contributed by atoms with Gasteiger partial charge in [-0.3, -0.25) is 0 Å². The van der Waals surface area contributed by atoms with Crippen LogP contribution in [-0.4, -0.2) is 47.1 Å². The molecule has 2 heterocycles. The fourth-order valence-corrected chi connectivity index (χ4v) is 2.46. The van der Waals surface area contributed by atoms with E-state index in [1.54, 1.807) is 6.33 Å².